The summed E-state index contributed by atoms with van der Waals surface area (Å²) in [4.78, 5) is 6.06. The highest BCUT2D eigenvalue weighted by Crippen LogP contribution is 2.29. The second-order valence-corrected chi connectivity index (χ2v) is 4.69. The number of hydrogen-bond acceptors (Lipinski definition) is 1. The highest BCUT2D eigenvalue weighted by atomic mass is 15.2. The van der Waals surface area contributed by atoms with Gasteiger partial charge in [-0.3, -0.25) is 0 Å². The molecule has 0 spiro atoms. The highest BCUT2D eigenvalue weighted by molar-refractivity contribution is 5.88. The molecule has 1 fully saturated rings. The van der Waals surface area contributed by atoms with Crippen molar-refractivity contribution in [2.75, 3.05) is 18.0 Å². The van der Waals surface area contributed by atoms with Gasteiger partial charge in [-0.15, -0.1) is 0 Å². The van der Waals surface area contributed by atoms with Crippen molar-refractivity contribution < 1.29 is 0 Å². The number of para-hydroxylation sites is 1. The number of H-pyrrole nitrogens is 1. The normalized spacial score (nSPS) is 16.9. The second kappa shape index (κ2) is 3.85. The summed E-state index contributed by atoms with van der Waals surface area (Å²) in [6.45, 7) is 4.63. The molecule has 2 heterocycles. The molecule has 0 radical (unpaired) electrons. The number of anilines is 1. The van der Waals surface area contributed by atoms with E-state index in [-0.39, 0.29) is 0 Å². The largest absolute Gasteiger partial charge is 0.358 e. The van der Waals surface area contributed by atoms with Crippen molar-refractivity contribution in [3.05, 3.63) is 29.8 Å². The monoisotopic (exact) mass is 214 g/mol. The fourth-order valence-corrected chi connectivity index (χ4v) is 2.70. The number of aryl methyl sites for hydroxylation is 1. The lowest BCUT2D eigenvalue weighted by molar-refractivity contribution is 0.574. The van der Waals surface area contributed by atoms with E-state index < -0.39 is 0 Å². The molecule has 1 aliphatic heterocycles. The first-order valence-corrected chi connectivity index (χ1v) is 6.18. The Balaban J connectivity index is 2.05. The molecule has 1 aromatic heterocycles. The predicted molar refractivity (Wildman–Crippen MR) is 69.1 cm³/mol. The van der Waals surface area contributed by atoms with E-state index in [0.717, 1.165) is 0 Å². The standard InChI is InChI=1S/C14H18N2/c1-11-12-7-3-4-8-13(12)15-14(11)16-9-5-2-6-10-16/h3-4,7-8,15H,2,5-6,9-10H2,1H3. The van der Waals surface area contributed by atoms with E-state index in [9.17, 15) is 0 Å². The lowest BCUT2D eigenvalue weighted by atomic mass is 10.1. The van der Waals surface area contributed by atoms with Crippen LogP contribution in [0.1, 0.15) is 24.8 Å². The van der Waals surface area contributed by atoms with Gasteiger partial charge in [0.15, 0.2) is 0 Å². The van der Waals surface area contributed by atoms with Crippen LogP contribution in [0.2, 0.25) is 0 Å². The highest BCUT2D eigenvalue weighted by Gasteiger charge is 2.16. The van der Waals surface area contributed by atoms with Crippen molar-refractivity contribution in [3.8, 4) is 0 Å². The summed E-state index contributed by atoms with van der Waals surface area (Å²) in [5, 5.41) is 1.36. The van der Waals surface area contributed by atoms with Crippen molar-refractivity contribution >= 4 is 16.7 Å². The van der Waals surface area contributed by atoms with Crippen LogP contribution in [0.3, 0.4) is 0 Å². The molecule has 0 unspecified atom stereocenters. The lowest BCUT2D eigenvalue weighted by Gasteiger charge is -2.28. The molecule has 2 nitrogen and oxygen atoms in total. The van der Waals surface area contributed by atoms with Crippen molar-refractivity contribution in [3.63, 3.8) is 0 Å². The number of rotatable bonds is 1. The molecular weight excluding hydrogens is 196 g/mol. The van der Waals surface area contributed by atoms with Crippen LogP contribution in [-0.4, -0.2) is 18.1 Å². The molecule has 2 aromatic rings. The minimum absolute atomic E-state index is 1.20. The van der Waals surface area contributed by atoms with Crippen LogP contribution in [0.5, 0.6) is 0 Å². The summed E-state index contributed by atoms with van der Waals surface area (Å²) < 4.78 is 0. The number of aromatic nitrogens is 1. The predicted octanol–water partition coefficient (Wildman–Crippen LogP) is 3.47. The van der Waals surface area contributed by atoms with Gasteiger partial charge >= 0.3 is 0 Å². The van der Waals surface area contributed by atoms with Gasteiger partial charge in [-0.1, -0.05) is 18.2 Å². The van der Waals surface area contributed by atoms with Crippen LogP contribution < -0.4 is 4.90 Å². The van der Waals surface area contributed by atoms with E-state index in [1.807, 2.05) is 0 Å². The third-order valence-electron chi connectivity index (χ3n) is 3.61. The minimum atomic E-state index is 1.20. The Hall–Kier alpha value is -1.44. The molecule has 1 N–H and O–H groups in total. The second-order valence-electron chi connectivity index (χ2n) is 4.69. The van der Waals surface area contributed by atoms with Gasteiger partial charge in [0, 0.05) is 24.0 Å². The Morgan fingerprint density at radius 1 is 1.06 bits per heavy atom. The van der Waals surface area contributed by atoms with Gasteiger partial charge in [-0.05, 0) is 37.8 Å². The number of aromatic amines is 1. The van der Waals surface area contributed by atoms with Crippen molar-refractivity contribution in [2.24, 2.45) is 0 Å². The summed E-state index contributed by atoms with van der Waals surface area (Å²) in [6, 6.07) is 8.58. The van der Waals surface area contributed by atoms with Gasteiger partial charge < -0.3 is 9.88 Å². The molecule has 1 saturated heterocycles. The molecule has 1 aliphatic rings. The minimum Gasteiger partial charge on any atom is -0.358 e. The fourth-order valence-electron chi connectivity index (χ4n) is 2.70. The van der Waals surface area contributed by atoms with Crippen molar-refractivity contribution in [1.29, 1.82) is 0 Å². The topological polar surface area (TPSA) is 19.0 Å². The maximum atomic E-state index is 3.56. The SMILES string of the molecule is Cc1c(N2CCCCC2)[nH]c2ccccc12. The Labute approximate surface area is 96.3 Å². The molecule has 0 aliphatic carbocycles. The van der Waals surface area contributed by atoms with Crippen LogP contribution in [0.25, 0.3) is 10.9 Å². The molecular formula is C14H18N2. The van der Waals surface area contributed by atoms with Crippen molar-refractivity contribution in [2.45, 2.75) is 26.2 Å². The van der Waals surface area contributed by atoms with Gasteiger partial charge in [0.05, 0.1) is 0 Å². The molecule has 16 heavy (non-hydrogen) atoms. The zero-order valence-electron chi connectivity index (χ0n) is 9.79. The number of nitrogens with one attached hydrogen (secondary N) is 1. The zero-order valence-corrected chi connectivity index (χ0v) is 9.79. The Kier molecular flexibility index (Phi) is 2.35. The van der Waals surface area contributed by atoms with Gasteiger partial charge in [-0.2, -0.15) is 0 Å². The number of piperidine rings is 1. The summed E-state index contributed by atoms with van der Waals surface area (Å²) in [6.07, 6.45) is 4.04. The van der Waals surface area contributed by atoms with Gasteiger partial charge in [-0.25, -0.2) is 0 Å². The molecule has 1 aromatic carbocycles. The summed E-state index contributed by atoms with van der Waals surface area (Å²) in [5.74, 6) is 1.33. The number of hydrogen-bond donors (Lipinski definition) is 1. The van der Waals surface area contributed by atoms with Gasteiger partial charge in [0.1, 0.15) is 5.82 Å². The number of benzene rings is 1. The van der Waals surface area contributed by atoms with Gasteiger partial charge in [0.25, 0.3) is 0 Å². The summed E-state index contributed by atoms with van der Waals surface area (Å²) in [7, 11) is 0. The Bertz CT molecular complexity index is 492. The third kappa shape index (κ3) is 1.49. The Morgan fingerprint density at radius 2 is 1.81 bits per heavy atom. The quantitative estimate of drug-likeness (QED) is 0.770. The average molecular weight is 214 g/mol. The van der Waals surface area contributed by atoms with Crippen LogP contribution in [-0.2, 0) is 0 Å². The molecule has 0 bridgehead atoms. The van der Waals surface area contributed by atoms with Gasteiger partial charge in [0.2, 0.25) is 0 Å². The number of fused-ring (bicyclic) bond motifs is 1. The maximum Gasteiger partial charge on any atom is 0.109 e. The molecule has 0 atom stereocenters. The molecule has 0 amide bonds. The summed E-state index contributed by atoms with van der Waals surface area (Å²) >= 11 is 0. The first-order valence-electron chi connectivity index (χ1n) is 6.18. The fraction of sp³-hybridized carbons (Fsp3) is 0.429. The maximum absolute atomic E-state index is 3.56. The molecule has 84 valence electrons. The van der Waals surface area contributed by atoms with Crippen LogP contribution in [0, 0.1) is 6.92 Å². The smallest absolute Gasteiger partial charge is 0.109 e. The van der Waals surface area contributed by atoms with E-state index in [2.05, 4.69) is 41.1 Å². The van der Waals surface area contributed by atoms with E-state index in [4.69, 9.17) is 0 Å². The number of nitrogens with zero attached hydrogens (tertiary/aromatic N) is 1. The lowest BCUT2D eigenvalue weighted by Crippen LogP contribution is -2.30. The van der Waals surface area contributed by atoms with Crippen LogP contribution in [0.15, 0.2) is 24.3 Å². The first kappa shape index (κ1) is 9.76. The van der Waals surface area contributed by atoms with Crippen molar-refractivity contribution in [1.82, 2.24) is 4.98 Å². The molecule has 2 heteroatoms. The van der Waals surface area contributed by atoms with Crippen LogP contribution in [0.4, 0.5) is 5.82 Å². The Morgan fingerprint density at radius 3 is 2.56 bits per heavy atom. The third-order valence-corrected chi connectivity index (χ3v) is 3.61. The first-order chi connectivity index (χ1) is 7.86. The molecule has 0 saturated carbocycles. The van der Waals surface area contributed by atoms with Crippen LogP contribution >= 0.6 is 0 Å². The molecule has 3 rings (SSSR count). The zero-order chi connectivity index (χ0) is 11.0. The van der Waals surface area contributed by atoms with E-state index >= 15 is 0 Å². The van der Waals surface area contributed by atoms with E-state index in [1.165, 1.54) is 54.6 Å². The van der Waals surface area contributed by atoms with E-state index in [0.29, 0.717) is 0 Å². The summed E-state index contributed by atoms with van der Waals surface area (Å²) in [5.41, 5.74) is 2.66. The average Bonchev–Trinajstić information content (AvgIpc) is 2.69. The van der Waals surface area contributed by atoms with E-state index in [1.54, 1.807) is 0 Å².